The van der Waals surface area contributed by atoms with E-state index in [1.807, 2.05) is 20.8 Å². The Morgan fingerprint density at radius 3 is 2.00 bits per heavy atom. The minimum absolute atomic E-state index is 0.0748. The normalized spacial score (nSPS) is 29.9. The summed E-state index contributed by atoms with van der Waals surface area (Å²) < 4.78 is 2.25. The SMILES string of the molecule is CC1N(Cl)C(=O)N(Cl)C1(C)C. The van der Waals surface area contributed by atoms with Crippen LogP contribution in [0.4, 0.5) is 4.79 Å². The number of hydrogen-bond donors (Lipinski definition) is 0. The Morgan fingerprint density at radius 1 is 1.45 bits per heavy atom. The van der Waals surface area contributed by atoms with Crippen LogP contribution in [0.25, 0.3) is 0 Å². The highest BCUT2D eigenvalue weighted by Crippen LogP contribution is 2.34. The number of rotatable bonds is 0. The lowest BCUT2D eigenvalue weighted by Crippen LogP contribution is -2.40. The third-order valence-corrected chi connectivity index (χ3v) is 3.24. The van der Waals surface area contributed by atoms with Crippen molar-refractivity contribution in [1.82, 2.24) is 8.84 Å². The molecule has 0 aromatic heterocycles. The molecule has 0 aliphatic carbocycles. The topological polar surface area (TPSA) is 23.6 Å². The maximum absolute atomic E-state index is 11.1. The molecule has 0 spiro atoms. The van der Waals surface area contributed by atoms with E-state index in [0.717, 1.165) is 8.84 Å². The molecule has 1 unspecified atom stereocenters. The molecule has 5 heteroatoms. The number of urea groups is 1. The molecule has 0 saturated carbocycles. The molecule has 0 radical (unpaired) electrons. The van der Waals surface area contributed by atoms with E-state index in [1.54, 1.807) is 0 Å². The van der Waals surface area contributed by atoms with Crippen LogP contribution in [-0.2, 0) is 0 Å². The molecule has 64 valence electrons. The molecule has 1 rings (SSSR count). The van der Waals surface area contributed by atoms with E-state index in [1.165, 1.54) is 0 Å². The Morgan fingerprint density at radius 2 is 1.91 bits per heavy atom. The van der Waals surface area contributed by atoms with Crippen LogP contribution in [0, 0.1) is 0 Å². The lowest BCUT2D eigenvalue weighted by molar-refractivity contribution is 0.217. The van der Waals surface area contributed by atoms with Crippen LogP contribution >= 0.6 is 23.6 Å². The Bertz CT molecular complexity index is 195. The summed E-state index contributed by atoms with van der Waals surface area (Å²) in [5.74, 6) is 0. The van der Waals surface area contributed by atoms with Gasteiger partial charge >= 0.3 is 6.03 Å². The van der Waals surface area contributed by atoms with Gasteiger partial charge in [-0.3, -0.25) is 0 Å². The van der Waals surface area contributed by atoms with E-state index >= 15 is 0 Å². The van der Waals surface area contributed by atoms with Crippen molar-refractivity contribution >= 4 is 29.6 Å². The number of halogens is 2. The minimum Gasteiger partial charge on any atom is -0.246 e. The number of nitrogens with zero attached hydrogens (tertiary/aromatic N) is 2. The Labute approximate surface area is 76.1 Å². The molecule has 2 amide bonds. The van der Waals surface area contributed by atoms with Gasteiger partial charge in [-0.25, -0.2) is 13.6 Å². The van der Waals surface area contributed by atoms with E-state index in [9.17, 15) is 4.79 Å². The second kappa shape index (κ2) is 2.42. The van der Waals surface area contributed by atoms with Gasteiger partial charge in [0.1, 0.15) is 0 Å². The van der Waals surface area contributed by atoms with E-state index < -0.39 is 5.54 Å². The molecule has 0 aromatic carbocycles. The third kappa shape index (κ3) is 1.07. The molecular formula is C6H10Cl2N2O. The van der Waals surface area contributed by atoms with Gasteiger partial charge in [0.25, 0.3) is 0 Å². The second-order valence-corrected chi connectivity index (χ2v) is 3.91. The Balaban J connectivity index is 2.96. The average molecular weight is 197 g/mol. The fraction of sp³-hybridized carbons (Fsp3) is 0.833. The van der Waals surface area contributed by atoms with Crippen molar-refractivity contribution in [1.29, 1.82) is 0 Å². The van der Waals surface area contributed by atoms with E-state index in [4.69, 9.17) is 23.6 Å². The predicted molar refractivity (Wildman–Crippen MR) is 44.3 cm³/mol. The van der Waals surface area contributed by atoms with Crippen LogP contribution in [0.2, 0.25) is 0 Å². The van der Waals surface area contributed by atoms with Crippen molar-refractivity contribution < 1.29 is 4.79 Å². The summed E-state index contributed by atoms with van der Waals surface area (Å²) in [6.07, 6.45) is 0. The van der Waals surface area contributed by atoms with Crippen molar-refractivity contribution in [2.24, 2.45) is 0 Å². The average Bonchev–Trinajstić information content (AvgIpc) is 2.06. The first-order chi connectivity index (χ1) is 4.89. The second-order valence-electron chi connectivity index (χ2n) is 3.20. The Kier molecular flexibility index (Phi) is 1.97. The van der Waals surface area contributed by atoms with Crippen LogP contribution < -0.4 is 0 Å². The molecule has 1 aliphatic heterocycles. The number of carbonyl (C=O) groups is 1. The summed E-state index contributed by atoms with van der Waals surface area (Å²) in [4.78, 5) is 11.1. The van der Waals surface area contributed by atoms with Gasteiger partial charge in [-0.1, -0.05) is 0 Å². The van der Waals surface area contributed by atoms with Crippen molar-refractivity contribution in [2.75, 3.05) is 0 Å². The van der Waals surface area contributed by atoms with Gasteiger partial charge in [0.2, 0.25) is 0 Å². The van der Waals surface area contributed by atoms with Gasteiger partial charge in [-0.15, -0.1) is 0 Å². The Hall–Kier alpha value is -0.150. The summed E-state index contributed by atoms with van der Waals surface area (Å²) >= 11 is 11.4. The summed E-state index contributed by atoms with van der Waals surface area (Å²) in [7, 11) is 0. The number of hydrogen-bond acceptors (Lipinski definition) is 1. The minimum atomic E-state index is -0.402. The highest BCUT2D eigenvalue weighted by atomic mass is 35.5. The third-order valence-electron chi connectivity index (χ3n) is 2.22. The molecule has 1 fully saturated rings. The van der Waals surface area contributed by atoms with Crippen molar-refractivity contribution in [3.8, 4) is 0 Å². The zero-order chi connectivity index (χ0) is 8.81. The van der Waals surface area contributed by atoms with Crippen molar-refractivity contribution in [2.45, 2.75) is 32.4 Å². The molecule has 1 atom stereocenters. The van der Waals surface area contributed by atoms with Gasteiger partial charge in [0, 0.05) is 23.6 Å². The number of carbonyl (C=O) groups excluding carboxylic acids is 1. The van der Waals surface area contributed by atoms with Gasteiger partial charge in [-0.05, 0) is 20.8 Å². The summed E-state index contributed by atoms with van der Waals surface area (Å²) in [6.45, 7) is 5.59. The fourth-order valence-electron chi connectivity index (χ4n) is 0.937. The zero-order valence-electron chi connectivity index (χ0n) is 6.64. The molecular weight excluding hydrogens is 187 g/mol. The highest BCUT2D eigenvalue weighted by molar-refractivity contribution is 6.29. The van der Waals surface area contributed by atoms with Crippen LogP contribution in [0.15, 0.2) is 0 Å². The van der Waals surface area contributed by atoms with Crippen molar-refractivity contribution in [3.63, 3.8) is 0 Å². The molecule has 11 heavy (non-hydrogen) atoms. The first-order valence-corrected chi connectivity index (χ1v) is 4.01. The van der Waals surface area contributed by atoms with E-state index in [-0.39, 0.29) is 12.1 Å². The maximum Gasteiger partial charge on any atom is 0.350 e. The predicted octanol–water partition coefficient (Wildman–Crippen LogP) is 2.20. The van der Waals surface area contributed by atoms with Gasteiger partial charge in [0.15, 0.2) is 0 Å². The lowest BCUT2D eigenvalue weighted by atomic mass is 9.99. The van der Waals surface area contributed by atoms with Gasteiger partial charge in [-0.2, -0.15) is 0 Å². The fourth-order valence-corrected chi connectivity index (χ4v) is 1.51. The van der Waals surface area contributed by atoms with Crippen molar-refractivity contribution in [3.05, 3.63) is 0 Å². The van der Waals surface area contributed by atoms with Gasteiger partial charge in [0.05, 0.1) is 11.6 Å². The molecule has 1 aliphatic rings. The molecule has 3 nitrogen and oxygen atoms in total. The molecule has 0 aromatic rings. The van der Waals surface area contributed by atoms with Crippen LogP contribution in [0.5, 0.6) is 0 Å². The van der Waals surface area contributed by atoms with Crippen LogP contribution in [0.3, 0.4) is 0 Å². The standard InChI is InChI=1S/C6H10Cl2N2O/c1-4-6(2,3)10(8)5(11)9(4)7/h4H,1-3H3. The van der Waals surface area contributed by atoms with E-state index in [2.05, 4.69) is 0 Å². The van der Waals surface area contributed by atoms with Crippen LogP contribution in [0.1, 0.15) is 20.8 Å². The molecule has 1 heterocycles. The molecule has 1 saturated heterocycles. The largest absolute Gasteiger partial charge is 0.350 e. The maximum atomic E-state index is 11.1. The highest BCUT2D eigenvalue weighted by Gasteiger charge is 2.48. The number of amides is 2. The summed E-state index contributed by atoms with van der Waals surface area (Å²) in [5, 5.41) is 0. The molecule has 0 bridgehead atoms. The zero-order valence-corrected chi connectivity index (χ0v) is 8.15. The first kappa shape index (κ1) is 8.94. The van der Waals surface area contributed by atoms with Gasteiger partial charge < -0.3 is 0 Å². The molecule has 0 N–H and O–H groups in total. The summed E-state index contributed by atoms with van der Waals surface area (Å²) in [6, 6.07) is -0.431. The summed E-state index contributed by atoms with van der Waals surface area (Å²) in [5.41, 5.74) is -0.402. The quantitative estimate of drug-likeness (QED) is 0.546. The lowest BCUT2D eigenvalue weighted by Gasteiger charge is -2.26. The smallest absolute Gasteiger partial charge is 0.246 e. The van der Waals surface area contributed by atoms with Crippen LogP contribution in [-0.4, -0.2) is 26.4 Å². The first-order valence-electron chi connectivity index (χ1n) is 3.34. The van der Waals surface area contributed by atoms with E-state index in [0.29, 0.717) is 0 Å². The monoisotopic (exact) mass is 196 g/mol.